The van der Waals surface area contributed by atoms with E-state index in [1.165, 1.54) is 32.1 Å². The molecule has 19 heavy (non-hydrogen) atoms. The van der Waals surface area contributed by atoms with E-state index in [0.29, 0.717) is 12.5 Å². The highest BCUT2D eigenvalue weighted by atomic mass is 35.7. The maximum Gasteiger partial charge on any atom is 0.232 e. The van der Waals surface area contributed by atoms with Crippen molar-refractivity contribution in [1.82, 2.24) is 0 Å². The van der Waals surface area contributed by atoms with Crippen LogP contribution in [0.2, 0.25) is 0 Å². The number of rotatable bonds is 9. The van der Waals surface area contributed by atoms with E-state index < -0.39 is 9.05 Å². The lowest BCUT2D eigenvalue weighted by molar-refractivity contribution is -0.0135. The first-order valence-corrected chi connectivity index (χ1v) is 10.0. The van der Waals surface area contributed by atoms with E-state index in [9.17, 15) is 8.42 Å². The summed E-state index contributed by atoms with van der Waals surface area (Å²) in [6.45, 7) is 3.06. The fourth-order valence-electron chi connectivity index (χ4n) is 2.82. The SMILES string of the molecule is CCC1CCCCC1OCCCCCCS(=O)(=O)Cl. The Labute approximate surface area is 122 Å². The van der Waals surface area contributed by atoms with Gasteiger partial charge in [-0.05, 0) is 31.6 Å². The average Bonchev–Trinajstić information content (AvgIpc) is 2.37. The van der Waals surface area contributed by atoms with Gasteiger partial charge in [0.25, 0.3) is 0 Å². The first-order valence-electron chi connectivity index (χ1n) is 7.57. The Kier molecular flexibility index (Phi) is 8.35. The molecule has 1 aliphatic carbocycles. The summed E-state index contributed by atoms with van der Waals surface area (Å²) in [5.41, 5.74) is 0. The summed E-state index contributed by atoms with van der Waals surface area (Å²) < 4.78 is 27.5. The molecule has 0 aliphatic heterocycles. The first kappa shape index (κ1) is 17.3. The van der Waals surface area contributed by atoms with E-state index in [4.69, 9.17) is 15.4 Å². The Morgan fingerprint density at radius 1 is 1.11 bits per heavy atom. The fraction of sp³-hybridized carbons (Fsp3) is 1.00. The second-order valence-corrected chi connectivity index (χ2v) is 8.42. The summed E-state index contributed by atoms with van der Waals surface area (Å²) in [5.74, 6) is 0.839. The molecule has 0 heterocycles. The van der Waals surface area contributed by atoms with Crippen LogP contribution in [0.25, 0.3) is 0 Å². The highest BCUT2D eigenvalue weighted by Gasteiger charge is 2.23. The molecular weight excluding hydrogens is 284 g/mol. The molecular formula is C14H27ClO3S. The Morgan fingerprint density at radius 2 is 1.79 bits per heavy atom. The van der Waals surface area contributed by atoms with E-state index in [-0.39, 0.29) is 5.75 Å². The molecule has 0 radical (unpaired) electrons. The number of unbranched alkanes of at least 4 members (excludes halogenated alkanes) is 3. The maximum absolute atomic E-state index is 10.7. The molecule has 0 aromatic rings. The highest BCUT2D eigenvalue weighted by molar-refractivity contribution is 8.13. The molecule has 0 amide bonds. The van der Waals surface area contributed by atoms with Gasteiger partial charge in [-0.1, -0.05) is 39.0 Å². The predicted octanol–water partition coefficient (Wildman–Crippen LogP) is 4.10. The zero-order valence-electron chi connectivity index (χ0n) is 11.9. The van der Waals surface area contributed by atoms with Crippen LogP contribution in [0.1, 0.15) is 64.7 Å². The van der Waals surface area contributed by atoms with Crippen LogP contribution in [-0.2, 0) is 13.8 Å². The van der Waals surface area contributed by atoms with Crippen LogP contribution in [0, 0.1) is 5.92 Å². The van der Waals surface area contributed by atoms with Gasteiger partial charge in [-0.2, -0.15) is 0 Å². The summed E-state index contributed by atoms with van der Waals surface area (Å²) in [4.78, 5) is 0. The molecule has 1 aliphatic rings. The van der Waals surface area contributed by atoms with Crippen LogP contribution in [0.15, 0.2) is 0 Å². The van der Waals surface area contributed by atoms with Crippen molar-refractivity contribution < 1.29 is 13.2 Å². The highest BCUT2D eigenvalue weighted by Crippen LogP contribution is 2.29. The smallest absolute Gasteiger partial charge is 0.232 e. The largest absolute Gasteiger partial charge is 0.378 e. The topological polar surface area (TPSA) is 43.4 Å². The van der Waals surface area contributed by atoms with E-state index in [1.807, 2.05) is 0 Å². The second kappa shape index (κ2) is 9.19. The van der Waals surface area contributed by atoms with Crippen LogP contribution in [-0.4, -0.2) is 26.9 Å². The number of halogens is 1. The summed E-state index contributed by atoms with van der Waals surface area (Å²) in [6.07, 6.45) is 10.5. The maximum atomic E-state index is 10.7. The third kappa shape index (κ3) is 8.16. The van der Waals surface area contributed by atoms with Gasteiger partial charge in [-0.15, -0.1) is 0 Å². The Morgan fingerprint density at radius 3 is 2.47 bits per heavy atom. The normalized spacial score (nSPS) is 24.5. The third-order valence-corrected chi connectivity index (χ3v) is 5.22. The molecule has 1 rings (SSSR count). The first-order chi connectivity index (χ1) is 9.03. The van der Waals surface area contributed by atoms with E-state index in [2.05, 4.69) is 6.92 Å². The van der Waals surface area contributed by atoms with Crippen molar-refractivity contribution >= 4 is 19.7 Å². The number of ether oxygens (including phenoxy) is 1. The lowest BCUT2D eigenvalue weighted by atomic mass is 9.85. The minimum absolute atomic E-state index is 0.0932. The number of hydrogen-bond acceptors (Lipinski definition) is 3. The third-order valence-electron chi connectivity index (χ3n) is 3.98. The molecule has 0 aromatic heterocycles. The van der Waals surface area contributed by atoms with Crippen molar-refractivity contribution in [3.8, 4) is 0 Å². The second-order valence-electron chi connectivity index (χ2n) is 5.52. The Balaban J connectivity index is 2.01. The average molecular weight is 311 g/mol. The molecule has 0 spiro atoms. The van der Waals surface area contributed by atoms with Crippen molar-refractivity contribution in [3.05, 3.63) is 0 Å². The van der Waals surface area contributed by atoms with Gasteiger partial charge >= 0.3 is 0 Å². The minimum atomic E-state index is -3.30. The quantitative estimate of drug-likeness (QED) is 0.475. The van der Waals surface area contributed by atoms with Gasteiger partial charge in [0.1, 0.15) is 0 Å². The lowest BCUT2D eigenvalue weighted by Gasteiger charge is -2.30. The molecule has 0 aromatic carbocycles. The zero-order chi connectivity index (χ0) is 14.1. The van der Waals surface area contributed by atoms with Crippen molar-refractivity contribution in [2.45, 2.75) is 70.8 Å². The van der Waals surface area contributed by atoms with Crippen LogP contribution in [0.4, 0.5) is 0 Å². The molecule has 3 nitrogen and oxygen atoms in total. The Hall–Kier alpha value is 0.200. The van der Waals surface area contributed by atoms with Crippen molar-refractivity contribution in [1.29, 1.82) is 0 Å². The summed E-state index contributed by atoms with van der Waals surface area (Å²) >= 11 is 0. The van der Waals surface area contributed by atoms with E-state index in [0.717, 1.165) is 31.8 Å². The molecule has 0 bridgehead atoms. The van der Waals surface area contributed by atoms with Crippen LogP contribution in [0.3, 0.4) is 0 Å². The molecule has 0 saturated heterocycles. The molecule has 114 valence electrons. The lowest BCUT2D eigenvalue weighted by Crippen LogP contribution is -2.27. The van der Waals surface area contributed by atoms with Crippen molar-refractivity contribution in [3.63, 3.8) is 0 Å². The van der Waals surface area contributed by atoms with Gasteiger partial charge in [0.2, 0.25) is 9.05 Å². The van der Waals surface area contributed by atoms with Crippen LogP contribution >= 0.6 is 10.7 Å². The van der Waals surface area contributed by atoms with Gasteiger partial charge in [0, 0.05) is 17.3 Å². The molecule has 1 fully saturated rings. The molecule has 2 unspecified atom stereocenters. The fourth-order valence-corrected chi connectivity index (χ4v) is 3.70. The summed E-state index contributed by atoms with van der Waals surface area (Å²) in [7, 11) is 1.85. The van der Waals surface area contributed by atoms with Gasteiger partial charge < -0.3 is 4.74 Å². The van der Waals surface area contributed by atoms with Gasteiger partial charge in [-0.25, -0.2) is 8.42 Å². The van der Waals surface area contributed by atoms with E-state index in [1.54, 1.807) is 0 Å². The standard InChI is InChI=1S/C14H27ClO3S/c1-2-13-9-5-6-10-14(13)18-11-7-3-4-8-12-19(15,16)17/h13-14H,2-12H2,1H3. The summed E-state index contributed by atoms with van der Waals surface area (Å²) in [6, 6.07) is 0. The zero-order valence-corrected chi connectivity index (χ0v) is 13.5. The van der Waals surface area contributed by atoms with Gasteiger partial charge in [0.05, 0.1) is 11.9 Å². The Bertz CT molecular complexity index is 330. The predicted molar refractivity (Wildman–Crippen MR) is 80.1 cm³/mol. The van der Waals surface area contributed by atoms with Crippen LogP contribution in [0.5, 0.6) is 0 Å². The molecule has 5 heteroatoms. The van der Waals surface area contributed by atoms with Gasteiger partial charge in [0.15, 0.2) is 0 Å². The monoisotopic (exact) mass is 310 g/mol. The number of hydrogen-bond donors (Lipinski definition) is 0. The van der Waals surface area contributed by atoms with E-state index >= 15 is 0 Å². The molecule has 0 N–H and O–H groups in total. The van der Waals surface area contributed by atoms with Gasteiger partial charge in [-0.3, -0.25) is 0 Å². The van der Waals surface area contributed by atoms with Crippen molar-refractivity contribution in [2.24, 2.45) is 5.92 Å². The van der Waals surface area contributed by atoms with Crippen LogP contribution < -0.4 is 0 Å². The minimum Gasteiger partial charge on any atom is -0.378 e. The summed E-state index contributed by atoms with van der Waals surface area (Å²) in [5, 5.41) is 0. The molecule has 1 saturated carbocycles. The molecule has 2 atom stereocenters. The van der Waals surface area contributed by atoms with Crippen molar-refractivity contribution in [2.75, 3.05) is 12.4 Å².